The van der Waals surface area contributed by atoms with Crippen LogP contribution in [0.25, 0.3) is 0 Å². The summed E-state index contributed by atoms with van der Waals surface area (Å²) in [5, 5.41) is 3.07. The lowest BCUT2D eigenvalue weighted by molar-refractivity contribution is -0.126. The van der Waals surface area contributed by atoms with E-state index in [9.17, 15) is 13.2 Å². The monoisotopic (exact) mass is 478 g/mol. The highest BCUT2D eigenvalue weighted by atomic mass is 32.2. The van der Waals surface area contributed by atoms with Crippen LogP contribution in [0.15, 0.2) is 30.3 Å². The van der Waals surface area contributed by atoms with Gasteiger partial charge in [0.15, 0.2) is 0 Å². The Morgan fingerprint density at radius 1 is 1.09 bits per heavy atom. The molecule has 1 atom stereocenters. The quantitative estimate of drug-likeness (QED) is 0.525. The molecule has 1 N–H and O–H groups in total. The second-order valence-corrected chi connectivity index (χ2v) is 11.9. The first-order valence-electron chi connectivity index (χ1n) is 12.6. The Kier molecular flexibility index (Phi) is 9.73. The molecule has 1 aromatic carbocycles. The van der Waals surface area contributed by atoms with Crippen LogP contribution < -0.4 is 5.32 Å². The van der Waals surface area contributed by atoms with Gasteiger partial charge in [0.05, 0.1) is 5.92 Å². The molecule has 3 rings (SSSR count). The van der Waals surface area contributed by atoms with Gasteiger partial charge in [0, 0.05) is 51.9 Å². The number of hydrogen-bond donors (Lipinski definition) is 1. The molecule has 7 nitrogen and oxygen atoms in total. The van der Waals surface area contributed by atoms with E-state index in [1.165, 1.54) is 9.87 Å². The molecular weight excluding hydrogens is 436 g/mol. The highest BCUT2D eigenvalue weighted by Crippen LogP contribution is 2.25. The summed E-state index contributed by atoms with van der Waals surface area (Å²) in [5.41, 5.74) is 1.29. The molecule has 0 aromatic heterocycles. The Morgan fingerprint density at radius 2 is 1.79 bits per heavy atom. The zero-order valence-electron chi connectivity index (χ0n) is 20.6. The number of rotatable bonds is 10. The molecule has 33 heavy (non-hydrogen) atoms. The standard InChI is InChI=1S/C25H42N4O3S/c1-21(2)27(19-23-9-5-4-6-10-23)15-8-14-26-25(30)24-11-7-16-29(20-24)33(31,32)28-17-12-22(3)13-18-28/h4-6,9-10,21-22,24H,7-8,11-20H2,1-3H3,(H,26,30)/t24-/m0/s1. The minimum absolute atomic E-state index is 0.0127. The van der Waals surface area contributed by atoms with E-state index in [0.29, 0.717) is 44.7 Å². The molecule has 2 saturated heterocycles. The van der Waals surface area contributed by atoms with Crippen molar-refractivity contribution < 1.29 is 13.2 Å². The molecule has 1 aromatic rings. The van der Waals surface area contributed by atoms with Gasteiger partial charge in [0.2, 0.25) is 5.91 Å². The van der Waals surface area contributed by atoms with Crippen LogP contribution in [-0.2, 0) is 21.5 Å². The molecule has 0 saturated carbocycles. The first kappa shape index (κ1) is 26.1. The van der Waals surface area contributed by atoms with E-state index in [-0.39, 0.29) is 11.8 Å². The lowest BCUT2D eigenvalue weighted by Crippen LogP contribution is -2.52. The summed E-state index contributed by atoms with van der Waals surface area (Å²) in [6.07, 6.45) is 4.18. The molecule has 1 amide bonds. The minimum Gasteiger partial charge on any atom is -0.356 e. The number of hydrogen-bond acceptors (Lipinski definition) is 4. The number of amides is 1. The first-order chi connectivity index (χ1) is 15.8. The van der Waals surface area contributed by atoms with Crippen molar-refractivity contribution in [3.05, 3.63) is 35.9 Å². The fourth-order valence-corrected chi connectivity index (χ4v) is 6.45. The largest absolute Gasteiger partial charge is 0.356 e. The second kappa shape index (κ2) is 12.3. The lowest BCUT2D eigenvalue weighted by Gasteiger charge is -2.37. The highest BCUT2D eigenvalue weighted by molar-refractivity contribution is 7.86. The molecule has 0 radical (unpaired) electrons. The van der Waals surface area contributed by atoms with Crippen molar-refractivity contribution >= 4 is 16.1 Å². The summed E-state index contributed by atoms with van der Waals surface area (Å²) in [5.74, 6) is 0.305. The zero-order valence-corrected chi connectivity index (χ0v) is 21.4. The van der Waals surface area contributed by atoms with E-state index in [4.69, 9.17) is 0 Å². The SMILES string of the molecule is CC1CCN(S(=O)(=O)N2CCC[C@H](C(=O)NCCCN(Cc3ccccc3)C(C)C)C2)CC1. The van der Waals surface area contributed by atoms with Gasteiger partial charge in [-0.25, -0.2) is 0 Å². The number of nitrogens with one attached hydrogen (secondary N) is 1. The van der Waals surface area contributed by atoms with Crippen LogP contribution >= 0.6 is 0 Å². The molecule has 0 unspecified atom stereocenters. The van der Waals surface area contributed by atoms with Crippen molar-refractivity contribution in [3.8, 4) is 0 Å². The van der Waals surface area contributed by atoms with E-state index in [1.807, 2.05) is 6.07 Å². The number of piperidine rings is 2. The Morgan fingerprint density at radius 3 is 2.45 bits per heavy atom. The van der Waals surface area contributed by atoms with Crippen molar-refractivity contribution in [2.75, 3.05) is 39.3 Å². The zero-order chi connectivity index (χ0) is 23.8. The smallest absolute Gasteiger partial charge is 0.281 e. The third kappa shape index (κ3) is 7.50. The molecule has 0 aliphatic carbocycles. The summed E-state index contributed by atoms with van der Waals surface area (Å²) >= 11 is 0. The Balaban J connectivity index is 1.44. The lowest BCUT2D eigenvalue weighted by atomic mass is 9.99. The fourth-order valence-electron chi connectivity index (χ4n) is 4.72. The van der Waals surface area contributed by atoms with Crippen LogP contribution in [0.2, 0.25) is 0 Å². The van der Waals surface area contributed by atoms with Gasteiger partial charge in [-0.15, -0.1) is 0 Å². The van der Waals surface area contributed by atoms with E-state index in [2.05, 4.69) is 55.3 Å². The Bertz CT molecular complexity index is 838. The van der Waals surface area contributed by atoms with Crippen LogP contribution in [0.1, 0.15) is 58.4 Å². The van der Waals surface area contributed by atoms with Gasteiger partial charge >= 0.3 is 0 Å². The van der Waals surface area contributed by atoms with Crippen LogP contribution in [0, 0.1) is 11.8 Å². The van der Waals surface area contributed by atoms with Crippen LogP contribution in [0.4, 0.5) is 0 Å². The van der Waals surface area contributed by atoms with Gasteiger partial charge in [-0.3, -0.25) is 9.69 Å². The number of carbonyl (C=O) groups excluding carboxylic acids is 1. The predicted octanol–water partition coefficient (Wildman–Crippen LogP) is 3.09. The summed E-state index contributed by atoms with van der Waals surface area (Å²) in [7, 11) is -3.47. The third-order valence-electron chi connectivity index (χ3n) is 7.03. The second-order valence-electron chi connectivity index (χ2n) is 9.98. The summed E-state index contributed by atoms with van der Waals surface area (Å²) in [6.45, 7) is 11.0. The topological polar surface area (TPSA) is 73.0 Å². The molecule has 0 bridgehead atoms. The van der Waals surface area contributed by atoms with Crippen molar-refractivity contribution in [3.63, 3.8) is 0 Å². The number of benzene rings is 1. The molecule has 186 valence electrons. The highest BCUT2D eigenvalue weighted by Gasteiger charge is 2.36. The van der Waals surface area contributed by atoms with E-state index >= 15 is 0 Å². The first-order valence-corrected chi connectivity index (χ1v) is 14.0. The average molecular weight is 479 g/mol. The van der Waals surface area contributed by atoms with Gasteiger partial charge in [-0.1, -0.05) is 37.3 Å². The number of carbonyl (C=O) groups is 1. The molecule has 2 aliphatic rings. The third-order valence-corrected chi connectivity index (χ3v) is 9.03. The van der Waals surface area contributed by atoms with Gasteiger partial charge in [0.1, 0.15) is 0 Å². The maximum absolute atomic E-state index is 13.1. The van der Waals surface area contributed by atoms with E-state index in [0.717, 1.165) is 45.2 Å². The van der Waals surface area contributed by atoms with Crippen LogP contribution in [0.3, 0.4) is 0 Å². The summed E-state index contributed by atoms with van der Waals surface area (Å²) in [4.78, 5) is 15.2. The van der Waals surface area contributed by atoms with Crippen molar-refractivity contribution in [2.24, 2.45) is 11.8 Å². The minimum atomic E-state index is -3.47. The molecule has 2 fully saturated rings. The molecule has 2 aliphatic heterocycles. The molecule has 2 heterocycles. The Hall–Kier alpha value is -1.48. The van der Waals surface area contributed by atoms with E-state index in [1.54, 1.807) is 4.31 Å². The Labute approximate surface area is 200 Å². The molecule has 8 heteroatoms. The normalized spacial score (nSPS) is 21.5. The predicted molar refractivity (Wildman–Crippen MR) is 133 cm³/mol. The fraction of sp³-hybridized carbons (Fsp3) is 0.720. The van der Waals surface area contributed by atoms with Crippen molar-refractivity contribution in [2.45, 2.75) is 65.5 Å². The van der Waals surface area contributed by atoms with Crippen molar-refractivity contribution in [1.29, 1.82) is 0 Å². The average Bonchev–Trinajstić information content (AvgIpc) is 2.81. The van der Waals surface area contributed by atoms with Gasteiger partial charge in [-0.05, 0) is 57.4 Å². The van der Waals surface area contributed by atoms with Crippen LogP contribution in [0.5, 0.6) is 0 Å². The summed E-state index contributed by atoms with van der Waals surface area (Å²) in [6, 6.07) is 10.9. The molecule has 0 spiro atoms. The van der Waals surface area contributed by atoms with Gasteiger partial charge in [-0.2, -0.15) is 17.0 Å². The maximum Gasteiger partial charge on any atom is 0.281 e. The molecular formula is C25H42N4O3S. The van der Waals surface area contributed by atoms with Crippen molar-refractivity contribution in [1.82, 2.24) is 18.8 Å². The van der Waals surface area contributed by atoms with Gasteiger partial charge < -0.3 is 5.32 Å². The van der Waals surface area contributed by atoms with Crippen LogP contribution in [-0.4, -0.2) is 73.1 Å². The number of nitrogens with zero attached hydrogens (tertiary/aromatic N) is 3. The maximum atomic E-state index is 13.1. The summed E-state index contributed by atoms with van der Waals surface area (Å²) < 4.78 is 29.3. The van der Waals surface area contributed by atoms with Gasteiger partial charge in [0.25, 0.3) is 10.2 Å². The van der Waals surface area contributed by atoms with E-state index < -0.39 is 10.2 Å².